The van der Waals surface area contributed by atoms with Crippen molar-refractivity contribution in [2.75, 3.05) is 13.2 Å². The molecule has 0 radical (unpaired) electrons. The molecule has 0 aromatic heterocycles. The zero-order valence-electron chi connectivity index (χ0n) is 8.42. The van der Waals surface area contributed by atoms with Crippen LogP contribution in [-0.2, 0) is 14.3 Å². The molecule has 0 aromatic rings. The molecule has 0 spiro atoms. The fourth-order valence-electron chi connectivity index (χ4n) is 0.664. The van der Waals surface area contributed by atoms with Gasteiger partial charge in [-0.25, -0.2) is 0 Å². The molecule has 0 atom stereocenters. The zero-order chi connectivity index (χ0) is 10.3. The van der Waals surface area contributed by atoms with Crippen molar-refractivity contribution in [3.63, 3.8) is 0 Å². The van der Waals surface area contributed by atoms with Crippen molar-refractivity contribution >= 4 is 5.91 Å². The van der Waals surface area contributed by atoms with Gasteiger partial charge in [-0.15, -0.1) is 0 Å². The molecule has 13 heavy (non-hydrogen) atoms. The van der Waals surface area contributed by atoms with Crippen molar-refractivity contribution in [3.05, 3.63) is 12.2 Å². The third-order valence-electron chi connectivity index (χ3n) is 1.27. The van der Waals surface area contributed by atoms with Gasteiger partial charge in [-0.05, 0) is 20.8 Å². The smallest absolute Gasteiger partial charge is 0.250 e. The van der Waals surface area contributed by atoms with Crippen molar-refractivity contribution in [1.82, 2.24) is 5.32 Å². The topological polar surface area (TPSA) is 47.6 Å². The first-order chi connectivity index (χ1) is 6.11. The quantitative estimate of drug-likeness (QED) is 0.499. The summed E-state index contributed by atoms with van der Waals surface area (Å²) in [6, 6.07) is 0. The molecular weight excluding hydrogens is 170 g/mol. The number of ether oxygens (including phenoxy) is 2. The zero-order valence-corrected chi connectivity index (χ0v) is 8.42. The monoisotopic (exact) mass is 187 g/mol. The van der Waals surface area contributed by atoms with Crippen LogP contribution < -0.4 is 5.32 Å². The maximum atomic E-state index is 11.1. The van der Waals surface area contributed by atoms with Gasteiger partial charge in [-0.2, -0.15) is 0 Å². The van der Waals surface area contributed by atoms with Gasteiger partial charge in [-0.1, -0.05) is 6.58 Å². The standard InChI is InChI=1S/C9H17NO3/c1-5-12-9(13-6-2)10-8(11)7(3)4/h9H,3,5-6H2,1-2,4H3,(H,10,11). The van der Waals surface area contributed by atoms with E-state index in [1.165, 1.54) is 0 Å². The third kappa shape index (κ3) is 5.38. The predicted molar refractivity (Wildman–Crippen MR) is 50.0 cm³/mol. The number of hydrogen-bond donors (Lipinski definition) is 1. The van der Waals surface area contributed by atoms with Crippen molar-refractivity contribution in [1.29, 1.82) is 0 Å². The highest BCUT2D eigenvalue weighted by atomic mass is 16.7. The van der Waals surface area contributed by atoms with Gasteiger partial charge in [0.05, 0.1) is 0 Å². The Morgan fingerprint density at radius 2 is 1.85 bits per heavy atom. The molecule has 0 fully saturated rings. The van der Waals surface area contributed by atoms with E-state index in [9.17, 15) is 4.79 Å². The molecule has 0 saturated heterocycles. The van der Waals surface area contributed by atoms with E-state index in [4.69, 9.17) is 9.47 Å². The van der Waals surface area contributed by atoms with Crippen LogP contribution >= 0.6 is 0 Å². The summed E-state index contributed by atoms with van der Waals surface area (Å²) >= 11 is 0. The molecule has 0 unspecified atom stereocenters. The third-order valence-corrected chi connectivity index (χ3v) is 1.27. The van der Waals surface area contributed by atoms with Crippen LogP contribution in [0.15, 0.2) is 12.2 Å². The second kappa shape index (κ2) is 6.62. The minimum absolute atomic E-state index is 0.257. The van der Waals surface area contributed by atoms with E-state index < -0.39 is 6.41 Å². The van der Waals surface area contributed by atoms with Crippen molar-refractivity contribution in [3.8, 4) is 0 Å². The number of hydrogen-bond acceptors (Lipinski definition) is 3. The van der Waals surface area contributed by atoms with Gasteiger partial charge in [0.2, 0.25) is 12.3 Å². The van der Waals surface area contributed by atoms with Crippen LogP contribution in [0.3, 0.4) is 0 Å². The SMILES string of the molecule is C=C(C)C(=O)NC(OCC)OCC. The number of carbonyl (C=O) groups excluding carboxylic acids is 1. The van der Waals surface area contributed by atoms with E-state index in [1.807, 2.05) is 13.8 Å². The highest BCUT2D eigenvalue weighted by Gasteiger charge is 2.11. The Labute approximate surface area is 78.9 Å². The van der Waals surface area contributed by atoms with Crippen LogP contribution in [0.5, 0.6) is 0 Å². The Hall–Kier alpha value is -0.870. The van der Waals surface area contributed by atoms with Gasteiger partial charge in [0, 0.05) is 18.8 Å². The largest absolute Gasteiger partial charge is 0.336 e. The van der Waals surface area contributed by atoms with Gasteiger partial charge in [0.15, 0.2) is 0 Å². The second-order valence-corrected chi connectivity index (χ2v) is 2.50. The van der Waals surface area contributed by atoms with E-state index in [1.54, 1.807) is 6.92 Å². The average molecular weight is 187 g/mol. The molecule has 0 aliphatic carbocycles. The van der Waals surface area contributed by atoms with Crippen LogP contribution in [0.25, 0.3) is 0 Å². The van der Waals surface area contributed by atoms with Crippen LogP contribution in [-0.4, -0.2) is 25.5 Å². The first-order valence-electron chi connectivity index (χ1n) is 4.31. The number of nitrogens with one attached hydrogen (secondary N) is 1. The summed E-state index contributed by atoms with van der Waals surface area (Å²) in [4.78, 5) is 11.1. The fourth-order valence-corrected chi connectivity index (χ4v) is 0.664. The highest BCUT2D eigenvalue weighted by molar-refractivity contribution is 5.92. The molecule has 1 N–H and O–H groups in total. The number of rotatable bonds is 6. The van der Waals surface area contributed by atoms with E-state index in [2.05, 4.69) is 11.9 Å². The minimum atomic E-state index is -0.667. The molecule has 0 aliphatic heterocycles. The normalized spacial score (nSPS) is 10.2. The van der Waals surface area contributed by atoms with Crippen LogP contribution in [0, 0.1) is 0 Å². The Bertz CT molecular complexity index is 174. The van der Waals surface area contributed by atoms with E-state index in [-0.39, 0.29) is 5.91 Å². The summed E-state index contributed by atoms with van der Waals surface area (Å²) in [7, 11) is 0. The molecule has 4 heteroatoms. The molecule has 0 bridgehead atoms. The fraction of sp³-hybridized carbons (Fsp3) is 0.667. The highest BCUT2D eigenvalue weighted by Crippen LogP contribution is 1.94. The summed E-state index contributed by atoms with van der Waals surface area (Å²) in [6.07, 6.45) is -0.667. The van der Waals surface area contributed by atoms with Crippen LogP contribution in [0.2, 0.25) is 0 Å². The summed E-state index contributed by atoms with van der Waals surface area (Å²) in [6.45, 7) is 9.77. The molecule has 0 aliphatic rings. The lowest BCUT2D eigenvalue weighted by Crippen LogP contribution is -2.39. The molecule has 0 rings (SSSR count). The second-order valence-electron chi connectivity index (χ2n) is 2.50. The summed E-state index contributed by atoms with van der Waals surface area (Å²) in [5.74, 6) is -0.257. The summed E-state index contributed by atoms with van der Waals surface area (Å²) < 4.78 is 10.2. The van der Waals surface area contributed by atoms with E-state index in [0.29, 0.717) is 18.8 Å². The molecule has 76 valence electrons. The van der Waals surface area contributed by atoms with Crippen molar-refractivity contribution in [2.45, 2.75) is 27.2 Å². The van der Waals surface area contributed by atoms with E-state index in [0.717, 1.165) is 0 Å². The first kappa shape index (κ1) is 12.1. The lowest BCUT2D eigenvalue weighted by atomic mass is 10.3. The lowest BCUT2D eigenvalue weighted by Gasteiger charge is -2.17. The maximum absolute atomic E-state index is 11.1. The molecule has 0 aromatic carbocycles. The van der Waals surface area contributed by atoms with Gasteiger partial charge < -0.3 is 14.8 Å². The molecule has 1 amide bonds. The van der Waals surface area contributed by atoms with Crippen molar-refractivity contribution < 1.29 is 14.3 Å². The maximum Gasteiger partial charge on any atom is 0.250 e. The molecule has 4 nitrogen and oxygen atoms in total. The van der Waals surface area contributed by atoms with Gasteiger partial charge in [0.25, 0.3) is 0 Å². The van der Waals surface area contributed by atoms with Crippen molar-refractivity contribution in [2.24, 2.45) is 0 Å². The predicted octanol–water partition coefficient (Wildman–Crippen LogP) is 1.04. The van der Waals surface area contributed by atoms with Crippen LogP contribution in [0.1, 0.15) is 20.8 Å². The van der Waals surface area contributed by atoms with Gasteiger partial charge in [-0.3, -0.25) is 4.79 Å². The summed E-state index contributed by atoms with van der Waals surface area (Å²) in [5, 5.41) is 2.54. The Morgan fingerprint density at radius 3 is 2.15 bits per heavy atom. The lowest BCUT2D eigenvalue weighted by molar-refractivity contribution is -0.163. The number of carbonyl (C=O) groups is 1. The number of amides is 1. The molecule has 0 saturated carbocycles. The molecular formula is C9H17NO3. The minimum Gasteiger partial charge on any atom is -0.336 e. The Balaban J connectivity index is 3.93. The Morgan fingerprint density at radius 1 is 1.38 bits per heavy atom. The van der Waals surface area contributed by atoms with Gasteiger partial charge >= 0.3 is 0 Å². The summed E-state index contributed by atoms with van der Waals surface area (Å²) in [5.41, 5.74) is 0.435. The first-order valence-corrected chi connectivity index (χ1v) is 4.31. The Kier molecular flexibility index (Phi) is 6.18. The van der Waals surface area contributed by atoms with E-state index >= 15 is 0 Å². The van der Waals surface area contributed by atoms with Crippen LogP contribution in [0.4, 0.5) is 0 Å². The molecule has 0 heterocycles. The van der Waals surface area contributed by atoms with Gasteiger partial charge in [0.1, 0.15) is 0 Å². The average Bonchev–Trinajstić information content (AvgIpc) is 2.05.